The maximum atomic E-state index is 12.7. The first-order valence-electron chi connectivity index (χ1n) is 8.30. The third-order valence-electron chi connectivity index (χ3n) is 4.23. The molecule has 0 spiro atoms. The average Bonchev–Trinajstić information content (AvgIpc) is 2.93. The van der Waals surface area contributed by atoms with Gasteiger partial charge >= 0.3 is 5.69 Å². The molecule has 8 nitrogen and oxygen atoms in total. The minimum atomic E-state index is -0.369. The van der Waals surface area contributed by atoms with Crippen molar-refractivity contribution >= 4 is 17.1 Å². The van der Waals surface area contributed by atoms with Crippen molar-refractivity contribution in [2.24, 2.45) is 14.1 Å². The average molecular weight is 348 g/mol. The van der Waals surface area contributed by atoms with Gasteiger partial charge in [0.25, 0.3) is 5.56 Å². The van der Waals surface area contributed by atoms with Crippen LogP contribution in [-0.2, 0) is 20.6 Å². The summed E-state index contributed by atoms with van der Waals surface area (Å²) < 4.78 is 4.45. The SMILES string of the molecule is CC(C)=CCn1c(N(C)CCN(C)C)nc2c1c(=O)n(C)c(=O)n2C. The van der Waals surface area contributed by atoms with Gasteiger partial charge in [-0.2, -0.15) is 4.98 Å². The van der Waals surface area contributed by atoms with Crippen molar-refractivity contribution in [1.29, 1.82) is 0 Å². The second kappa shape index (κ2) is 7.26. The number of hydrogen-bond acceptors (Lipinski definition) is 5. The highest BCUT2D eigenvalue weighted by molar-refractivity contribution is 5.74. The first-order valence-corrected chi connectivity index (χ1v) is 8.30. The monoisotopic (exact) mass is 348 g/mol. The number of likely N-dealkylation sites (N-methyl/N-ethyl adjacent to an activating group) is 2. The molecule has 0 fully saturated rings. The largest absolute Gasteiger partial charge is 0.344 e. The normalized spacial score (nSPS) is 11.4. The lowest BCUT2D eigenvalue weighted by atomic mass is 10.3. The maximum absolute atomic E-state index is 12.7. The third kappa shape index (κ3) is 3.68. The second-order valence-corrected chi connectivity index (χ2v) is 6.91. The zero-order chi connectivity index (χ0) is 18.9. The molecule has 0 unspecified atom stereocenters. The lowest BCUT2D eigenvalue weighted by Gasteiger charge is -2.21. The molecular formula is C17H28N6O2. The van der Waals surface area contributed by atoms with E-state index >= 15 is 0 Å². The van der Waals surface area contributed by atoms with E-state index in [0.717, 1.165) is 23.2 Å². The van der Waals surface area contributed by atoms with Crippen LogP contribution in [0.5, 0.6) is 0 Å². The number of hydrogen-bond donors (Lipinski definition) is 0. The zero-order valence-electron chi connectivity index (χ0n) is 16.2. The third-order valence-corrected chi connectivity index (χ3v) is 4.23. The van der Waals surface area contributed by atoms with E-state index in [2.05, 4.69) is 16.0 Å². The second-order valence-electron chi connectivity index (χ2n) is 6.91. The number of allylic oxidation sites excluding steroid dienone is 2. The first-order chi connectivity index (χ1) is 11.6. The topological polar surface area (TPSA) is 68.3 Å². The summed E-state index contributed by atoms with van der Waals surface area (Å²) in [6, 6.07) is 0. The summed E-state index contributed by atoms with van der Waals surface area (Å²) in [5.74, 6) is 0.688. The molecule has 2 aromatic heterocycles. The van der Waals surface area contributed by atoms with E-state index < -0.39 is 0 Å². The Morgan fingerprint density at radius 3 is 2.28 bits per heavy atom. The highest BCUT2D eigenvalue weighted by atomic mass is 16.2. The van der Waals surface area contributed by atoms with Crippen molar-refractivity contribution in [2.45, 2.75) is 20.4 Å². The van der Waals surface area contributed by atoms with Gasteiger partial charge in [-0.25, -0.2) is 4.79 Å². The minimum Gasteiger partial charge on any atom is -0.344 e. The van der Waals surface area contributed by atoms with Crippen LogP contribution in [0.3, 0.4) is 0 Å². The van der Waals surface area contributed by atoms with Gasteiger partial charge in [0, 0.05) is 40.8 Å². The van der Waals surface area contributed by atoms with Crippen LogP contribution < -0.4 is 16.1 Å². The molecule has 0 N–H and O–H groups in total. The molecule has 0 saturated carbocycles. The van der Waals surface area contributed by atoms with E-state index in [9.17, 15) is 9.59 Å². The number of imidazole rings is 1. The van der Waals surface area contributed by atoms with Crippen molar-refractivity contribution in [3.05, 3.63) is 32.5 Å². The van der Waals surface area contributed by atoms with Crippen molar-refractivity contribution in [1.82, 2.24) is 23.6 Å². The molecule has 25 heavy (non-hydrogen) atoms. The summed E-state index contributed by atoms with van der Waals surface area (Å²) in [4.78, 5) is 33.7. The Hall–Kier alpha value is -2.35. The molecule has 2 rings (SSSR count). The van der Waals surface area contributed by atoms with Crippen LogP contribution >= 0.6 is 0 Å². The Morgan fingerprint density at radius 1 is 1.08 bits per heavy atom. The molecule has 2 aromatic rings. The minimum absolute atomic E-state index is 0.319. The number of nitrogens with zero attached hydrogens (tertiary/aromatic N) is 6. The predicted octanol–water partition coefficient (Wildman–Crippen LogP) is 0.398. The Morgan fingerprint density at radius 2 is 1.72 bits per heavy atom. The molecule has 0 aliphatic carbocycles. The summed E-state index contributed by atoms with van der Waals surface area (Å²) in [5.41, 5.74) is 1.34. The Kier molecular flexibility index (Phi) is 5.52. The van der Waals surface area contributed by atoms with Crippen LogP contribution in [0.2, 0.25) is 0 Å². The summed E-state index contributed by atoms with van der Waals surface area (Å²) in [6.45, 7) is 6.19. The summed E-state index contributed by atoms with van der Waals surface area (Å²) in [7, 11) is 9.12. The molecule has 0 aliphatic rings. The van der Waals surface area contributed by atoms with Gasteiger partial charge in [-0.1, -0.05) is 11.6 Å². The molecule has 0 aliphatic heterocycles. The van der Waals surface area contributed by atoms with Crippen LogP contribution in [0, 0.1) is 0 Å². The van der Waals surface area contributed by atoms with E-state index in [1.54, 1.807) is 7.05 Å². The smallest absolute Gasteiger partial charge is 0.332 e. The lowest BCUT2D eigenvalue weighted by Crippen LogP contribution is -2.37. The summed E-state index contributed by atoms with van der Waals surface area (Å²) in [6.07, 6.45) is 2.05. The van der Waals surface area contributed by atoms with Gasteiger partial charge in [0.2, 0.25) is 5.95 Å². The van der Waals surface area contributed by atoms with E-state index in [0.29, 0.717) is 23.7 Å². The number of anilines is 1. The molecular weight excluding hydrogens is 320 g/mol. The molecule has 0 saturated heterocycles. The highest BCUT2D eigenvalue weighted by Crippen LogP contribution is 2.19. The number of aromatic nitrogens is 4. The van der Waals surface area contributed by atoms with Gasteiger partial charge in [0.15, 0.2) is 11.2 Å². The Balaban J connectivity index is 2.72. The molecule has 0 bridgehead atoms. The van der Waals surface area contributed by atoms with Gasteiger partial charge in [-0.15, -0.1) is 0 Å². The predicted molar refractivity (Wildman–Crippen MR) is 101 cm³/mol. The molecule has 0 atom stereocenters. The molecule has 0 radical (unpaired) electrons. The lowest BCUT2D eigenvalue weighted by molar-refractivity contribution is 0.415. The summed E-state index contributed by atoms with van der Waals surface area (Å²) >= 11 is 0. The molecule has 138 valence electrons. The van der Waals surface area contributed by atoms with E-state index in [1.165, 1.54) is 11.6 Å². The maximum Gasteiger partial charge on any atom is 0.332 e. The number of aryl methyl sites for hydroxylation is 1. The Labute approximate surface area is 147 Å². The van der Waals surface area contributed by atoms with Crippen LogP contribution in [0.25, 0.3) is 11.2 Å². The fourth-order valence-electron chi connectivity index (χ4n) is 2.62. The fourth-order valence-corrected chi connectivity index (χ4v) is 2.62. The summed E-state index contributed by atoms with van der Waals surface area (Å²) in [5, 5.41) is 0. The van der Waals surface area contributed by atoms with E-state index in [-0.39, 0.29) is 11.2 Å². The Bertz CT molecular complexity index is 912. The van der Waals surface area contributed by atoms with E-state index in [4.69, 9.17) is 0 Å². The first kappa shape index (κ1) is 19.0. The van der Waals surface area contributed by atoms with Crippen molar-refractivity contribution in [3.8, 4) is 0 Å². The van der Waals surface area contributed by atoms with Crippen LogP contribution in [0.1, 0.15) is 13.8 Å². The quantitative estimate of drug-likeness (QED) is 0.707. The van der Waals surface area contributed by atoms with Gasteiger partial charge in [-0.3, -0.25) is 13.9 Å². The molecule has 8 heteroatoms. The van der Waals surface area contributed by atoms with Crippen molar-refractivity contribution in [2.75, 3.05) is 39.1 Å². The van der Waals surface area contributed by atoms with Crippen molar-refractivity contribution in [3.63, 3.8) is 0 Å². The standard InChI is InChI=1S/C17H28N6O2/c1-12(2)8-9-23-13-14(21(6)17(25)22(7)15(13)24)18-16(23)20(5)11-10-19(3)4/h8H,9-11H2,1-7H3. The molecule has 2 heterocycles. The van der Waals surface area contributed by atoms with Crippen LogP contribution in [0.4, 0.5) is 5.95 Å². The van der Waals surface area contributed by atoms with Crippen LogP contribution in [-0.4, -0.2) is 57.8 Å². The zero-order valence-corrected chi connectivity index (χ0v) is 16.2. The van der Waals surface area contributed by atoms with Gasteiger partial charge in [0.05, 0.1) is 0 Å². The number of rotatable bonds is 6. The fraction of sp³-hybridized carbons (Fsp3) is 0.588. The van der Waals surface area contributed by atoms with E-state index in [1.807, 2.05) is 44.5 Å². The molecule has 0 amide bonds. The van der Waals surface area contributed by atoms with Gasteiger partial charge in [0.1, 0.15) is 0 Å². The highest BCUT2D eigenvalue weighted by Gasteiger charge is 2.20. The number of fused-ring (bicyclic) bond motifs is 1. The van der Waals surface area contributed by atoms with Crippen molar-refractivity contribution < 1.29 is 0 Å². The molecule has 0 aromatic carbocycles. The van der Waals surface area contributed by atoms with Gasteiger partial charge < -0.3 is 14.4 Å². The van der Waals surface area contributed by atoms with Gasteiger partial charge in [-0.05, 0) is 27.9 Å². The van der Waals surface area contributed by atoms with Crippen LogP contribution in [0.15, 0.2) is 21.2 Å².